The Kier molecular flexibility index (Phi) is 5.79. The molecule has 0 unspecified atom stereocenters. The van der Waals surface area contributed by atoms with Gasteiger partial charge in [-0.2, -0.15) is 0 Å². The van der Waals surface area contributed by atoms with E-state index >= 15 is 0 Å². The van der Waals surface area contributed by atoms with Crippen LogP contribution in [0.2, 0.25) is 0 Å². The van der Waals surface area contributed by atoms with E-state index in [-0.39, 0.29) is 23.8 Å². The summed E-state index contributed by atoms with van der Waals surface area (Å²) in [6.45, 7) is 2.16. The smallest absolute Gasteiger partial charge is 0.123 e. The average Bonchev–Trinajstić information content (AvgIpc) is 2.77. The molecule has 1 fully saturated rings. The van der Waals surface area contributed by atoms with Crippen LogP contribution in [0.5, 0.6) is 0 Å². The predicted octanol–water partition coefficient (Wildman–Crippen LogP) is 4.88. The first-order valence-electron chi connectivity index (χ1n) is 10.5. The number of benzene rings is 3. The standard InChI is InChI=1S/C26H28FNO/c1-2-9-23-25(20-12-7-4-8-13-20)28-24(19-10-5-3-6-11-19)18-26(23,29)21-14-16-22(27)17-15-21/h3-8,10-17,23-25,28-29H,2,9,18H2,1H3/p+1/t23-,24+,25-,26+/m1/s1. The van der Waals surface area contributed by atoms with E-state index in [1.54, 1.807) is 12.1 Å². The lowest BCUT2D eigenvalue weighted by Crippen LogP contribution is -2.91. The molecule has 1 saturated heterocycles. The lowest BCUT2D eigenvalue weighted by molar-refractivity contribution is -0.758. The van der Waals surface area contributed by atoms with Crippen LogP contribution in [0, 0.1) is 11.7 Å². The average molecular weight is 391 g/mol. The van der Waals surface area contributed by atoms with Gasteiger partial charge in [0.25, 0.3) is 0 Å². The van der Waals surface area contributed by atoms with Gasteiger partial charge in [-0.3, -0.25) is 0 Å². The van der Waals surface area contributed by atoms with E-state index in [0.717, 1.165) is 18.4 Å². The fourth-order valence-corrected chi connectivity index (χ4v) is 4.98. The summed E-state index contributed by atoms with van der Waals surface area (Å²) in [6.07, 6.45) is 2.50. The van der Waals surface area contributed by atoms with Crippen molar-refractivity contribution in [1.29, 1.82) is 0 Å². The molecule has 2 nitrogen and oxygen atoms in total. The van der Waals surface area contributed by atoms with Gasteiger partial charge in [-0.05, 0) is 24.1 Å². The van der Waals surface area contributed by atoms with Crippen molar-refractivity contribution in [3.63, 3.8) is 0 Å². The lowest BCUT2D eigenvalue weighted by Gasteiger charge is -2.47. The van der Waals surface area contributed by atoms with E-state index in [9.17, 15) is 9.50 Å². The van der Waals surface area contributed by atoms with Gasteiger partial charge in [-0.15, -0.1) is 0 Å². The molecule has 0 radical (unpaired) electrons. The minimum absolute atomic E-state index is 0.0420. The zero-order chi connectivity index (χ0) is 20.3. The number of piperidine rings is 1. The van der Waals surface area contributed by atoms with Gasteiger partial charge in [0.15, 0.2) is 0 Å². The van der Waals surface area contributed by atoms with Crippen LogP contribution in [0.25, 0.3) is 0 Å². The third-order valence-corrected chi connectivity index (χ3v) is 6.37. The monoisotopic (exact) mass is 390 g/mol. The lowest BCUT2D eigenvalue weighted by atomic mass is 9.66. The van der Waals surface area contributed by atoms with Crippen LogP contribution in [0.4, 0.5) is 4.39 Å². The molecule has 150 valence electrons. The molecule has 4 atom stereocenters. The van der Waals surface area contributed by atoms with Gasteiger partial charge in [0.1, 0.15) is 23.5 Å². The summed E-state index contributed by atoms with van der Waals surface area (Å²) in [7, 11) is 0. The fraction of sp³-hybridized carbons (Fsp3) is 0.308. The molecule has 1 aliphatic rings. The first-order chi connectivity index (χ1) is 14.1. The van der Waals surface area contributed by atoms with Gasteiger partial charge in [0, 0.05) is 23.5 Å². The van der Waals surface area contributed by atoms with Gasteiger partial charge in [0.2, 0.25) is 0 Å². The Morgan fingerprint density at radius 1 is 0.897 bits per heavy atom. The SMILES string of the molecule is CCC[C@@H]1[C@@H](c2ccccc2)[NH2+][C@H](c2ccccc2)C[C@]1(O)c1ccc(F)cc1. The number of hydrogen-bond donors (Lipinski definition) is 2. The van der Waals surface area contributed by atoms with Crippen molar-refractivity contribution >= 4 is 0 Å². The van der Waals surface area contributed by atoms with Crippen molar-refractivity contribution in [2.24, 2.45) is 5.92 Å². The Labute approximate surface area is 172 Å². The Morgan fingerprint density at radius 2 is 1.48 bits per heavy atom. The third kappa shape index (κ3) is 3.98. The molecule has 3 aromatic carbocycles. The van der Waals surface area contributed by atoms with Crippen LogP contribution >= 0.6 is 0 Å². The van der Waals surface area contributed by atoms with E-state index in [2.05, 4.69) is 60.8 Å². The first kappa shape index (κ1) is 19.8. The number of rotatable bonds is 5. The molecule has 0 amide bonds. The van der Waals surface area contributed by atoms with E-state index < -0.39 is 5.60 Å². The zero-order valence-corrected chi connectivity index (χ0v) is 16.8. The Balaban J connectivity index is 1.82. The first-order valence-corrected chi connectivity index (χ1v) is 10.5. The Hall–Kier alpha value is -2.49. The normalized spacial score (nSPS) is 26.9. The van der Waals surface area contributed by atoms with Gasteiger partial charge >= 0.3 is 0 Å². The number of nitrogens with two attached hydrogens (primary N) is 1. The molecular weight excluding hydrogens is 361 g/mol. The second-order valence-electron chi connectivity index (χ2n) is 8.18. The van der Waals surface area contributed by atoms with E-state index in [1.807, 2.05) is 12.1 Å². The van der Waals surface area contributed by atoms with E-state index in [0.29, 0.717) is 6.42 Å². The molecule has 29 heavy (non-hydrogen) atoms. The maximum Gasteiger partial charge on any atom is 0.123 e. The molecule has 0 spiro atoms. The van der Waals surface area contributed by atoms with Gasteiger partial charge in [0.05, 0.1) is 0 Å². The van der Waals surface area contributed by atoms with Gasteiger partial charge in [-0.25, -0.2) is 4.39 Å². The maximum atomic E-state index is 13.6. The number of hydrogen-bond acceptors (Lipinski definition) is 1. The molecule has 1 aliphatic heterocycles. The highest BCUT2D eigenvalue weighted by Gasteiger charge is 2.51. The predicted molar refractivity (Wildman–Crippen MR) is 114 cm³/mol. The molecule has 3 aromatic rings. The summed E-state index contributed by atoms with van der Waals surface area (Å²) in [5.74, 6) is -0.230. The molecule has 0 aromatic heterocycles. The summed E-state index contributed by atoms with van der Waals surface area (Å²) >= 11 is 0. The van der Waals surface area contributed by atoms with Gasteiger partial charge < -0.3 is 10.4 Å². The van der Waals surface area contributed by atoms with Crippen molar-refractivity contribution < 1.29 is 14.8 Å². The molecular formula is C26H29FNO+. The quantitative estimate of drug-likeness (QED) is 0.640. The molecule has 3 heteroatoms. The van der Waals surface area contributed by atoms with E-state index in [4.69, 9.17) is 0 Å². The van der Waals surface area contributed by atoms with Crippen molar-refractivity contribution in [2.75, 3.05) is 0 Å². The van der Waals surface area contributed by atoms with E-state index in [1.165, 1.54) is 23.3 Å². The van der Waals surface area contributed by atoms with Crippen molar-refractivity contribution in [3.05, 3.63) is 107 Å². The Morgan fingerprint density at radius 3 is 2.07 bits per heavy atom. The highest BCUT2D eigenvalue weighted by molar-refractivity contribution is 5.30. The summed E-state index contributed by atoms with van der Waals surface area (Å²) in [6, 6.07) is 27.6. The highest BCUT2D eigenvalue weighted by atomic mass is 19.1. The van der Waals surface area contributed by atoms with Gasteiger partial charge in [-0.1, -0.05) is 86.1 Å². The second-order valence-corrected chi connectivity index (χ2v) is 8.18. The van der Waals surface area contributed by atoms with Crippen LogP contribution in [0.1, 0.15) is 55.0 Å². The summed E-state index contributed by atoms with van der Waals surface area (Å²) in [4.78, 5) is 0. The topological polar surface area (TPSA) is 36.8 Å². The van der Waals surface area contributed by atoms with Crippen LogP contribution < -0.4 is 5.32 Å². The third-order valence-electron chi connectivity index (χ3n) is 6.37. The molecule has 0 saturated carbocycles. The molecule has 0 aliphatic carbocycles. The van der Waals surface area contributed by atoms with Crippen molar-refractivity contribution in [3.8, 4) is 0 Å². The molecule has 0 bridgehead atoms. The fourth-order valence-electron chi connectivity index (χ4n) is 4.98. The summed E-state index contributed by atoms with van der Waals surface area (Å²) in [5, 5.41) is 14.6. The van der Waals surface area contributed by atoms with Crippen molar-refractivity contribution in [1.82, 2.24) is 0 Å². The highest BCUT2D eigenvalue weighted by Crippen LogP contribution is 2.47. The minimum atomic E-state index is -1.01. The number of quaternary nitrogens is 1. The summed E-state index contributed by atoms with van der Waals surface area (Å²) < 4.78 is 13.6. The van der Waals surface area contributed by atoms with Crippen molar-refractivity contribution in [2.45, 2.75) is 43.9 Å². The second kappa shape index (κ2) is 8.48. The minimum Gasteiger partial charge on any atom is -0.384 e. The Bertz CT molecular complexity index is 912. The van der Waals surface area contributed by atoms with Crippen LogP contribution in [-0.2, 0) is 5.60 Å². The molecule has 3 N–H and O–H groups in total. The molecule has 1 heterocycles. The number of halogens is 1. The van der Waals surface area contributed by atoms with Crippen LogP contribution in [-0.4, -0.2) is 5.11 Å². The number of aliphatic hydroxyl groups is 1. The largest absolute Gasteiger partial charge is 0.384 e. The summed E-state index contributed by atoms with van der Waals surface area (Å²) in [5.41, 5.74) is 2.24. The van der Waals surface area contributed by atoms with Crippen LogP contribution in [0.15, 0.2) is 84.9 Å². The maximum absolute atomic E-state index is 13.6. The molecule has 4 rings (SSSR count). The van der Waals surface area contributed by atoms with Crippen LogP contribution in [0.3, 0.4) is 0 Å². The zero-order valence-electron chi connectivity index (χ0n) is 16.8.